The maximum atomic E-state index is 13.2. The molecule has 2 spiro atoms. The van der Waals surface area contributed by atoms with Gasteiger partial charge in [-0.2, -0.15) is 0 Å². The number of fused-ring (bicyclic) bond motifs is 3. The van der Waals surface area contributed by atoms with E-state index in [1.54, 1.807) is 7.11 Å². The Balaban J connectivity index is 1.55. The quantitative estimate of drug-likeness (QED) is 0.745. The molecular weight excluding hydrogens is 387 g/mol. The van der Waals surface area contributed by atoms with Crippen LogP contribution in [0.3, 0.4) is 0 Å². The number of urea groups is 1. The number of alkyl halides is 1. The summed E-state index contributed by atoms with van der Waals surface area (Å²) in [5.74, 6) is 1.41. The largest absolute Gasteiger partial charge is 0.493 e. The average molecular weight is 419 g/mol. The number of nitrogens with zero attached hydrogens (tertiary/aromatic N) is 1. The highest BCUT2D eigenvalue weighted by Gasteiger charge is 2.67. The second-order valence-electron chi connectivity index (χ2n) is 9.46. The van der Waals surface area contributed by atoms with E-state index >= 15 is 0 Å². The number of methoxy groups -OCH3 is 1. The molecule has 2 atom stereocenters. The fourth-order valence-corrected chi connectivity index (χ4v) is 5.98. The molecule has 1 aromatic rings. The molecule has 3 fully saturated rings. The number of hydrogen-bond donors (Lipinski definition) is 2. The topological polar surface area (TPSA) is 71.0 Å². The summed E-state index contributed by atoms with van der Waals surface area (Å²) in [7, 11) is 1.74. The molecule has 2 amide bonds. The van der Waals surface area contributed by atoms with E-state index in [1.807, 2.05) is 12.1 Å². The molecule has 3 aliphatic carbocycles. The van der Waals surface area contributed by atoms with Gasteiger partial charge in [0.2, 0.25) is 0 Å². The molecule has 2 saturated carbocycles. The Hall–Kier alpha value is -1.86. The van der Waals surface area contributed by atoms with E-state index in [0.29, 0.717) is 12.5 Å². The van der Waals surface area contributed by atoms with Crippen LogP contribution >= 0.6 is 0 Å². The fraction of sp³-hybridized carbons (Fsp3) is 0.696. The summed E-state index contributed by atoms with van der Waals surface area (Å²) in [6, 6.07) is 5.67. The molecule has 1 heterocycles. The molecule has 0 aromatic heterocycles. The van der Waals surface area contributed by atoms with Crippen LogP contribution in [0.4, 0.5) is 9.18 Å². The van der Waals surface area contributed by atoms with E-state index in [0.717, 1.165) is 49.0 Å². The van der Waals surface area contributed by atoms with Gasteiger partial charge in [0, 0.05) is 12.5 Å². The lowest BCUT2D eigenvalue weighted by atomic mass is 9.61. The zero-order valence-electron chi connectivity index (χ0n) is 17.5. The number of ether oxygens (including phenoxy) is 2. The smallest absolute Gasteiger partial charge is 0.320 e. The molecule has 0 radical (unpaired) electrons. The fourth-order valence-electron chi connectivity index (χ4n) is 5.98. The lowest BCUT2D eigenvalue weighted by Gasteiger charge is -2.49. The van der Waals surface area contributed by atoms with Crippen LogP contribution in [0, 0.1) is 11.3 Å². The summed E-state index contributed by atoms with van der Waals surface area (Å²) in [6.45, 7) is -0.0925. The van der Waals surface area contributed by atoms with Crippen LogP contribution in [-0.2, 0) is 16.7 Å². The lowest BCUT2D eigenvalue weighted by Crippen LogP contribution is -2.58. The summed E-state index contributed by atoms with van der Waals surface area (Å²) in [4.78, 5) is 14.1. The first-order chi connectivity index (χ1) is 14.5. The number of benzene rings is 1. The Morgan fingerprint density at radius 3 is 2.70 bits per heavy atom. The van der Waals surface area contributed by atoms with Gasteiger partial charge in [0.1, 0.15) is 18.0 Å². The second-order valence-corrected chi connectivity index (χ2v) is 9.46. The molecule has 2 N–H and O–H groups in total. The van der Waals surface area contributed by atoms with Crippen LogP contribution in [0.2, 0.25) is 0 Å². The zero-order valence-corrected chi connectivity index (χ0v) is 17.5. The first-order valence-electron chi connectivity index (χ1n) is 11.1. The third kappa shape index (κ3) is 2.93. The summed E-state index contributed by atoms with van der Waals surface area (Å²) in [5.41, 5.74) is 0.784. The van der Waals surface area contributed by atoms with E-state index in [4.69, 9.17) is 9.47 Å². The van der Waals surface area contributed by atoms with Gasteiger partial charge in [-0.25, -0.2) is 9.18 Å². The number of carbonyl (C=O) groups is 1. The van der Waals surface area contributed by atoms with E-state index in [-0.39, 0.29) is 18.1 Å². The van der Waals surface area contributed by atoms with Crippen LogP contribution in [0.5, 0.6) is 5.75 Å². The van der Waals surface area contributed by atoms with Gasteiger partial charge < -0.3 is 19.9 Å². The predicted octanol–water partition coefficient (Wildman–Crippen LogP) is 3.12. The Morgan fingerprint density at radius 2 is 2.03 bits per heavy atom. The maximum Gasteiger partial charge on any atom is 0.320 e. The van der Waals surface area contributed by atoms with Gasteiger partial charge in [0.25, 0.3) is 0 Å². The third-order valence-electron chi connectivity index (χ3n) is 7.85. The molecule has 2 unspecified atom stereocenters. The van der Waals surface area contributed by atoms with Crippen molar-refractivity contribution in [2.24, 2.45) is 11.3 Å². The Morgan fingerprint density at radius 1 is 1.27 bits per heavy atom. The van der Waals surface area contributed by atoms with E-state index in [2.05, 4.69) is 11.4 Å². The van der Waals surface area contributed by atoms with Gasteiger partial charge in [-0.05, 0) is 74.1 Å². The number of hydrogen-bond acceptors (Lipinski definition) is 4. The number of aliphatic hydroxyl groups is 1. The summed E-state index contributed by atoms with van der Waals surface area (Å²) in [6.07, 6.45) is 5.72. The highest BCUT2D eigenvalue weighted by Crippen LogP contribution is 2.61. The Kier molecular flexibility index (Phi) is 4.93. The number of carbonyl (C=O) groups excluding carboxylic acids is 1. The third-order valence-corrected chi connectivity index (χ3v) is 7.85. The van der Waals surface area contributed by atoms with Crippen molar-refractivity contribution in [3.05, 3.63) is 29.3 Å². The molecule has 6 nitrogen and oxygen atoms in total. The minimum absolute atomic E-state index is 0.112. The Labute approximate surface area is 176 Å². The number of amides is 2. The van der Waals surface area contributed by atoms with Crippen LogP contribution in [0.1, 0.15) is 49.7 Å². The molecule has 30 heavy (non-hydrogen) atoms. The van der Waals surface area contributed by atoms with Gasteiger partial charge in [-0.15, -0.1) is 0 Å². The van der Waals surface area contributed by atoms with Crippen molar-refractivity contribution in [3.63, 3.8) is 0 Å². The van der Waals surface area contributed by atoms with Gasteiger partial charge in [-0.1, -0.05) is 6.07 Å². The van der Waals surface area contributed by atoms with Gasteiger partial charge in [0.05, 0.1) is 19.3 Å². The average Bonchev–Trinajstić information content (AvgIpc) is 3.51. The molecule has 5 rings (SSSR count). The van der Waals surface area contributed by atoms with Crippen molar-refractivity contribution in [2.75, 3.05) is 26.9 Å². The summed E-state index contributed by atoms with van der Waals surface area (Å²) >= 11 is 0. The second kappa shape index (κ2) is 7.38. The number of nitrogens with one attached hydrogen (secondary N) is 1. The monoisotopic (exact) mass is 418 g/mol. The van der Waals surface area contributed by atoms with Crippen molar-refractivity contribution in [1.82, 2.24) is 10.2 Å². The molecule has 164 valence electrons. The van der Waals surface area contributed by atoms with Crippen molar-refractivity contribution < 1.29 is 23.8 Å². The van der Waals surface area contributed by atoms with E-state index in [9.17, 15) is 14.3 Å². The minimum atomic E-state index is -1.11. The van der Waals surface area contributed by atoms with Crippen LogP contribution < -0.4 is 10.1 Å². The van der Waals surface area contributed by atoms with E-state index in [1.165, 1.54) is 17.7 Å². The molecule has 1 aliphatic heterocycles. The van der Waals surface area contributed by atoms with E-state index < -0.39 is 24.5 Å². The van der Waals surface area contributed by atoms with Gasteiger partial charge in [-0.3, -0.25) is 4.90 Å². The van der Waals surface area contributed by atoms with Crippen molar-refractivity contribution >= 4 is 6.03 Å². The molecule has 7 heteroatoms. The molecule has 0 bridgehead atoms. The number of aliphatic hydroxyl groups excluding tert-OH is 1. The molecule has 1 aromatic carbocycles. The molecular formula is C23H31FN2O4. The zero-order chi connectivity index (χ0) is 20.9. The standard InChI is InChI=1S/C23H31FN2O4/c1-29-17-6-8-22(9-7-17)13-16-4-5-18(30-14-15-2-3-15)12-19(16)23(22)20(27)26(11-10-24)21(28)25-23/h4-5,12,15,17,20,27H,2-3,6-11,13-14H2,1H3,(H,25,28). The number of halogens is 1. The molecule has 1 saturated heterocycles. The van der Waals surface area contributed by atoms with Crippen LogP contribution in [-0.4, -0.2) is 55.3 Å². The molecule has 4 aliphatic rings. The summed E-state index contributed by atoms with van der Waals surface area (Å²) < 4.78 is 24.8. The van der Waals surface area contributed by atoms with Crippen LogP contribution in [0.25, 0.3) is 0 Å². The van der Waals surface area contributed by atoms with Crippen molar-refractivity contribution in [3.8, 4) is 5.75 Å². The Bertz CT molecular complexity index is 821. The minimum Gasteiger partial charge on any atom is -0.493 e. The van der Waals surface area contributed by atoms with Crippen molar-refractivity contribution in [1.29, 1.82) is 0 Å². The normalized spacial score (nSPS) is 35.2. The highest BCUT2D eigenvalue weighted by atomic mass is 19.1. The highest BCUT2D eigenvalue weighted by molar-refractivity contribution is 5.80. The van der Waals surface area contributed by atoms with Gasteiger partial charge >= 0.3 is 6.03 Å². The summed E-state index contributed by atoms with van der Waals surface area (Å²) in [5, 5.41) is 14.6. The number of rotatable bonds is 6. The van der Waals surface area contributed by atoms with Gasteiger partial charge in [0.15, 0.2) is 6.23 Å². The van der Waals surface area contributed by atoms with Crippen molar-refractivity contribution in [2.45, 2.75) is 62.8 Å². The predicted molar refractivity (Wildman–Crippen MR) is 109 cm³/mol. The maximum absolute atomic E-state index is 13.2. The first kappa shape index (κ1) is 20.1. The van der Waals surface area contributed by atoms with Crippen LogP contribution in [0.15, 0.2) is 18.2 Å². The lowest BCUT2D eigenvalue weighted by molar-refractivity contribution is -0.0859. The first-order valence-corrected chi connectivity index (χ1v) is 11.1. The SMILES string of the molecule is COC1CCC2(CC1)Cc1ccc(OCC3CC3)cc1C21NC(=O)N(CCF)C1O.